The molecule has 2 heterocycles. The number of aromatic amines is 1. The van der Waals surface area contributed by atoms with Gasteiger partial charge in [0.15, 0.2) is 5.78 Å². The SMILES string of the molecule is CC(C)CC(NS(=O)(=O)c1ccccc1)C(=O)CC1CCCc2cn[nH]c2CCCNC(=O)C1=O. The Morgan fingerprint density at radius 1 is 1.14 bits per heavy atom. The maximum Gasteiger partial charge on any atom is 0.287 e. The van der Waals surface area contributed by atoms with Crippen molar-refractivity contribution in [2.45, 2.75) is 69.7 Å². The molecular formula is C25H34N4O5S. The number of H-pyrrole nitrogens is 1. The topological polar surface area (TPSA) is 138 Å². The summed E-state index contributed by atoms with van der Waals surface area (Å²) in [7, 11) is -3.92. The van der Waals surface area contributed by atoms with Crippen molar-refractivity contribution in [3.63, 3.8) is 0 Å². The van der Waals surface area contributed by atoms with Crippen molar-refractivity contribution in [2.24, 2.45) is 11.8 Å². The van der Waals surface area contributed by atoms with E-state index in [2.05, 4.69) is 20.2 Å². The molecule has 0 saturated carbocycles. The second-order valence-corrected chi connectivity index (χ2v) is 11.2. The molecule has 0 bridgehead atoms. The zero-order valence-corrected chi connectivity index (χ0v) is 21.1. The molecule has 0 aliphatic carbocycles. The van der Waals surface area contributed by atoms with E-state index < -0.39 is 33.7 Å². The van der Waals surface area contributed by atoms with Gasteiger partial charge >= 0.3 is 0 Å². The Morgan fingerprint density at radius 2 is 1.89 bits per heavy atom. The molecule has 3 rings (SSSR count). The highest BCUT2D eigenvalue weighted by atomic mass is 32.2. The molecule has 1 aliphatic rings. The highest BCUT2D eigenvalue weighted by Crippen LogP contribution is 2.21. The lowest BCUT2D eigenvalue weighted by Gasteiger charge is -2.22. The van der Waals surface area contributed by atoms with Gasteiger partial charge in [-0.25, -0.2) is 13.1 Å². The molecule has 1 aromatic heterocycles. The molecule has 1 aromatic carbocycles. The number of carbonyl (C=O) groups excluding carboxylic acids is 3. The van der Waals surface area contributed by atoms with Crippen LogP contribution in [0.25, 0.3) is 0 Å². The summed E-state index contributed by atoms with van der Waals surface area (Å²) >= 11 is 0. The summed E-state index contributed by atoms with van der Waals surface area (Å²) in [6, 6.07) is 6.87. The largest absolute Gasteiger partial charge is 0.349 e. The lowest BCUT2D eigenvalue weighted by molar-refractivity contribution is -0.141. The number of aromatic nitrogens is 2. The number of Topliss-reactive ketones (excluding diaryl/α,β-unsaturated/α-hetero) is 2. The van der Waals surface area contributed by atoms with Crippen molar-refractivity contribution >= 4 is 27.5 Å². The van der Waals surface area contributed by atoms with Crippen LogP contribution in [-0.2, 0) is 37.2 Å². The average molecular weight is 503 g/mol. The van der Waals surface area contributed by atoms with Gasteiger partial charge in [-0.1, -0.05) is 32.0 Å². The number of fused-ring (bicyclic) bond motifs is 1. The fourth-order valence-electron chi connectivity index (χ4n) is 4.33. The van der Waals surface area contributed by atoms with Gasteiger partial charge in [0.25, 0.3) is 5.91 Å². The van der Waals surface area contributed by atoms with E-state index >= 15 is 0 Å². The number of benzene rings is 1. The van der Waals surface area contributed by atoms with Gasteiger partial charge in [-0.15, -0.1) is 0 Å². The van der Waals surface area contributed by atoms with Crippen LogP contribution in [0, 0.1) is 11.8 Å². The number of hydrogen-bond donors (Lipinski definition) is 3. The predicted molar refractivity (Wildman–Crippen MR) is 131 cm³/mol. The number of nitrogens with zero attached hydrogens (tertiary/aromatic N) is 1. The molecule has 1 aliphatic heterocycles. The van der Waals surface area contributed by atoms with Crippen LogP contribution < -0.4 is 10.0 Å². The van der Waals surface area contributed by atoms with Crippen molar-refractivity contribution in [1.82, 2.24) is 20.2 Å². The van der Waals surface area contributed by atoms with Crippen molar-refractivity contribution in [1.29, 1.82) is 0 Å². The van der Waals surface area contributed by atoms with E-state index in [-0.39, 0.29) is 29.4 Å². The predicted octanol–water partition coefficient (Wildman–Crippen LogP) is 2.33. The van der Waals surface area contributed by atoms with Gasteiger partial charge in [-0.05, 0) is 62.1 Å². The number of ketones is 2. The van der Waals surface area contributed by atoms with Crippen molar-refractivity contribution < 1.29 is 22.8 Å². The molecule has 0 radical (unpaired) electrons. The smallest absolute Gasteiger partial charge is 0.287 e. The third-order valence-corrected chi connectivity index (χ3v) is 7.67. The second-order valence-electron chi connectivity index (χ2n) is 9.47. The highest BCUT2D eigenvalue weighted by molar-refractivity contribution is 7.89. The molecule has 35 heavy (non-hydrogen) atoms. The number of sulfonamides is 1. The summed E-state index contributed by atoms with van der Waals surface area (Å²) in [5.41, 5.74) is 2.09. The van der Waals surface area contributed by atoms with E-state index in [0.717, 1.165) is 17.7 Å². The first-order valence-electron chi connectivity index (χ1n) is 12.1. The van der Waals surface area contributed by atoms with Crippen LogP contribution in [0.2, 0.25) is 0 Å². The maximum absolute atomic E-state index is 13.3. The molecule has 2 aromatic rings. The molecule has 3 N–H and O–H groups in total. The molecule has 2 atom stereocenters. The minimum absolute atomic E-state index is 0.0391. The van der Waals surface area contributed by atoms with Crippen molar-refractivity contribution in [2.75, 3.05) is 6.54 Å². The van der Waals surface area contributed by atoms with E-state index in [1.165, 1.54) is 12.1 Å². The van der Waals surface area contributed by atoms with Crippen molar-refractivity contribution in [3.8, 4) is 0 Å². The molecule has 9 nitrogen and oxygen atoms in total. The quantitative estimate of drug-likeness (QED) is 0.474. The fourth-order valence-corrected chi connectivity index (χ4v) is 5.58. The Balaban J connectivity index is 1.76. The number of carbonyl (C=O) groups is 3. The first kappa shape index (κ1) is 26.7. The molecule has 1 amide bonds. The van der Waals surface area contributed by atoms with Gasteiger partial charge in [-0.2, -0.15) is 5.10 Å². The molecule has 190 valence electrons. The summed E-state index contributed by atoms with van der Waals surface area (Å²) in [4.78, 5) is 38.8. The molecule has 2 unspecified atom stereocenters. The molecule has 0 fully saturated rings. The molecular weight excluding hydrogens is 468 g/mol. The Morgan fingerprint density at radius 3 is 2.60 bits per heavy atom. The van der Waals surface area contributed by atoms with Crippen molar-refractivity contribution in [3.05, 3.63) is 47.8 Å². The monoisotopic (exact) mass is 502 g/mol. The van der Waals surface area contributed by atoms with Crippen LogP contribution in [0.5, 0.6) is 0 Å². The number of aryl methyl sites for hydroxylation is 2. The lowest BCUT2D eigenvalue weighted by Crippen LogP contribution is -2.44. The molecule has 0 saturated heterocycles. The van der Waals surface area contributed by atoms with E-state index in [4.69, 9.17) is 0 Å². The third kappa shape index (κ3) is 7.57. The van der Waals surface area contributed by atoms with E-state index in [0.29, 0.717) is 32.2 Å². The average Bonchev–Trinajstić information content (AvgIpc) is 3.26. The Bertz CT molecular complexity index is 1130. The van der Waals surface area contributed by atoms with Crippen LogP contribution in [0.3, 0.4) is 0 Å². The minimum atomic E-state index is -3.92. The lowest BCUT2D eigenvalue weighted by atomic mass is 9.87. The van der Waals surface area contributed by atoms with Gasteiger partial charge in [-0.3, -0.25) is 19.5 Å². The fraction of sp³-hybridized carbons (Fsp3) is 0.520. The maximum atomic E-state index is 13.3. The molecule has 10 heteroatoms. The van der Waals surface area contributed by atoms with Gasteiger partial charge in [0.2, 0.25) is 15.8 Å². The van der Waals surface area contributed by atoms with Crippen LogP contribution in [-0.4, -0.2) is 48.7 Å². The summed E-state index contributed by atoms with van der Waals surface area (Å²) < 4.78 is 28.3. The summed E-state index contributed by atoms with van der Waals surface area (Å²) in [6.45, 7) is 4.14. The van der Waals surface area contributed by atoms with Crippen LogP contribution in [0.1, 0.15) is 57.2 Å². The number of hydrogen-bond acceptors (Lipinski definition) is 6. The Hall–Kier alpha value is -2.85. The molecule has 0 spiro atoms. The van der Waals surface area contributed by atoms with Gasteiger partial charge < -0.3 is 5.32 Å². The van der Waals surface area contributed by atoms with Crippen LogP contribution in [0.4, 0.5) is 0 Å². The number of amides is 1. The van der Waals surface area contributed by atoms with Gasteiger partial charge in [0, 0.05) is 24.6 Å². The number of rotatable bonds is 8. The summed E-state index contributed by atoms with van der Waals surface area (Å²) in [5, 5.41) is 9.75. The van der Waals surface area contributed by atoms with Gasteiger partial charge in [0.05, 0.1) is 17.1 Å². The summed E-state index contributed by atoms with van der Waals surface area (Å²) in [5.74, 6) is -2.48. The zero-order chi connectivity index (χ0) is 25.4. The van der Waals surface area contributed by atoms with E-state index in [1.54, 1.807) is 24.4 Å². The normalized spacial score (nSPS) is 18.8. The van der Waals surface area contributed by atoms with Crippen LogP contribution >= 0.6 is 0 Å². The standard InChI is InChI=1S/C25H34N4O5S/c1-17(2)14-22(29-35(33,34)20-10-4-3-5-11-20)23(30)15-18-8-6-9-19-16-27-28-21(19)12-7-13-26-25(32)24(18)31/h3-5,10-11,16-18,22,29H,6-9,12-15H2,1-2H3,(H,26,32)(H,27,28). The first-order chi connectivity index (χ1) is 16.7. The van der Waals surface area contributed by atoms with Gasteiger partial charge in [0.1, 0.15) is 0 Å². The summed E-state index contributed by atoms with van der Waals surface area (Å²) in [6.07, 6.45) is 4.89. The highest BCUT2D eigenvalue weighted by Gasteiger charge is 2.32. The minimum Gasteiger partial charge on any atom is -0.349 e. The van der Waals surface area contributed by atoms with Crippen LogP contribution in [0.15, 0.2) is 41.4 Å². The van der Waals surface area contributed by atoms with E-state index in [1.807, 2.05) is 13.8 Å². The first-order valence-corrected chi connectivity index (χ1v) is 13.6. The number of nitrogens with one attached hydrogen (secondary N) is 3. The second kappa shape index (κ2) is 12.2. The zero-order valence-electron chi connectivity index (χ0n) is 20.2. The third-order valence-electron chi connectivity index (χ3n) is 6.18. The van der Waals surface area contributed by atoms with E-state index in [9.17, 15) is 22.8 Å². The Kier molecular flexibility index (Phi) is 9.33. The Labute approximate surface area is 206 Å².